The monoisotopic (exact) mass is 348 g/mol. The number of rotatable bonds is 4. The van der Waals surface area contributed by atoms with Gasteiger partial charge in [0.2, 0.25) is 0 Å². The summed E-state index contributed by atoms with van der Waals surface area (Å²) in [5.41, 5.74) is 2.21. The molecule has 4 heterocycles. The van der Waals surface area contributed by atoms with Gasteiger partial charge in [-0.05, 0) is 30.9 Å². The molecule has 0 saturated carbocycles. The third-order valence-electron chi connectivity index (χ3n) is 4.69. The van der Waals surface area contributed by atoms with Gasteiger partial charge in [0.05, 0.1) is 11.9 Å². The first-order valence-corrected chi connectivity index (χ1v) is 8.69. The van der Waals surface area contributed by atoms with Gasteiger partial charge in [0.15, 0.2) is 5.82 Å². The molecule has 0 radical (unpaired) electrons. The molecule has 4 rings (SSSR count). The molecule has 1 aliphatic heterocycles. The minimum absolute atomic E-state index is 0.000875. The highest BCUT2D eigenvalue weighted by Gasteiger charge is 2.28. The van der Waals surface area contributed by atoms with Crippen molar-refractivity contribution in [2.75, 3.05) is 13.1 Å². The number of imidazole rings is 1. The lowest BCUT2D eigenvalue weighted by atomic mass is 10.0. The molecule has 0 N–H and O–H groups in total. The first-order chi connectivity index (χ1) is 12.7. The van der Waals surface area contributed by atoms with Crippen LogP contribution in [0.4, 0.5) is 0 Å². The van der Waals surface area contributed by atoms with Crippen molar-refractivity contribution in [1.82, 2.24) is 29.4 Å². The lowest BCUT2D eigenvalue weighted by Crippen LogP contribution is -2.29. The van der Waals surface area contributed by atoms with Crippen LogP contribution in [0.2, 0.25) is 0 Å². The van der Waals surface area contributed by atoms with Crippen molar-refractivity contribution >= 4 is 5.91 Å². The second kappa shape index (κ2) is 7.03. The van der Waals surface area contributed by atoms with Crippen LogP contribution in [-0.4, -0.2) is 48.4 Å². The Balaban J connectivity index is 1.43. The van der Waals surface area contributed by atoms with Crippen LogP contribution in [0, 0.1) is 5.92 Å². The molecule has 7 nitrogen and oxygen atoms in total. The summed E-state index contributed by atoms with van der Waals surface area (Å²) in [6.07, 6.45) is 10.6. The molecule has 3 aromatic rings. The zero-order valence-corrected chi connectivity index (χ0v) is 14.6. The quantitative estimate of drug-likeness (QED) is 0.720. The zero-order chi connectivity index (χ0) is 17.9. The first kappa shape index (κ1) is 16.4. The van der Waals surface area contributed by atoms with Gasteiger partial charge in [0.1, 0.15) is 11.4 Å². The topological polar surface area (TPSA) is 76.8 Å². The molecule has 1 fully saturated rings. The summed E-state index contributed by atoms with van der Waals surface area (Å²) in [5.74, 6) is 1.19. The molecule has 7 heteroatoms. The van der Waals surface area contributed by atoms with Crippen LogP contribution < -0.4 is 0 Å². The molecule has 0 unspecified atom stereocenters. The lowest BCUT2D eigenvalue weighted by Gasteiger charge is -2.16. The molecular weight excluding hydrogens is 328 g/mol. The third kappa shape index (κ3) is 3.33. The zero-order valence-electron chi connectivity index (χ0n) is 14.6. The first-order valence-electron chi connectivity index (χ1n) is 8.69. The normalized spacial score (nSPS) is 16.8. The molecule has 1 atom stereocenters. The Kier molecular flexibility index (Phi) is 4.43. The summed E-state index contributed by atoms with van der Waals surface area (Å²) < 4.78 is 1.93. The Labute approximate surface area is 151 Å². The van der Waals surface area contributed by atoms with E-state index in [4.69, 9.17) is 4.98 Å². The van der Waals surface area contributed by atoms with Gasteiger partial charge < -0.3 is 9.47 Å². The molecule has 1 saturated heterocycles. The summed E-state index contributed by atoms with van der Waals surface area (Å²) in [6, 6.07) is 5.42. The highest BCUT2D eigenvalue weighted by atomic mass is 16.2. The Bertz CT molecular complexity index is 907. The number of hydrogen-bond acceptors (Lipinski definition) is 5. The largest absolute Gasteiger partial charge is 0.337 e. The predicted molar refractivity (Wildman–Crippen MR) is 96.2 cm³/mol. The fraction of sp³-hybridized carbons (Fsp3) is 0.316. The summed E-state index contributed by atoms with van der Waals surface area (Å²) in [7, 11) is 1.94. The maximum atomic E-state index is 12.5. The van der Waals surface area contributed by atoms with E-state index in [0.717, 1.165) is 43.1 Å². The Hall–Kier alpha value is -3.09. The number of aryl methyl sites for hydroxylation is 1. The minimum atomic E-state index is 0.000875. The number of hydrogen-bond donors (Lipinski definition) is 0. The minimum Gasteiger partial charge on any atom is -0.337 e. The Morgan fingerprint density at radius 3 is 2.92 bits per heavy atom. The van der Waals surface area contributed by atoms with E-state index in [-0.39, 0.29) is 5.91 Å². The molecule has 0 spiro atoms. The maximum absolute atomic E-state index is 12.5. The van der Waals surface area contributed by atoms with Crippen molar-refractivity contribution in [3.05, 3.63) is 60.6 Å². The molecule has 1 aliphatic rings. The van der Waals surface area contributed by atoms with Gasteiger partial charge in [-0.1, -0.05) is 6.07 Å². The van der Waals surface area contributed by atoms with Crippen molar-refractivity contribution in [2.45, 2.75) is 12.8 Å². The Morgan fingerprint density at radius 1 is 1.23 bits per heavy atom. The van der Waals surface area contributed by atoms with E-state index >= 15 is 0 Å². The number of carbonyl (C=O) groups is 1. The fourth-order valence-electron chi connectivity index (χ4n) is 3.36. The van der Waals surface area contributed by atoms with Crippen LogP contribution in [0.5, 0.6) is 0 Å². The van der Waals surface area contributed by atoms with Crippen LogP contribution in [0.15, 0.2) is 49.2 Å². The molecule has 0 aromatic carbocycles. The van der Waals surface area contributed by atoms with E-state index < -0.39 is 0 Å². The maximum Gasteiger partial charge on any atom is 0.272 e. The molecule has 132 valence electrons. The highest BCUT2D eigenvalue weighted by molar-refractivity contribution is 5.92. The number of amides is 1. The van der Waals surface area contributed by atoms with Crippen molar-refractivity contribution in [2.24, 2.45) is 13.0 Å². The highest BCUT2D eigenvalue weighted by Crippen LogP contribution is 2.22. The standard InChI is InChI=1S/C19H20N6O/c1-24-9-7-22-18(24)17-12-20-11-15(23-17)10-14-5-8-25(13-14)19(26)16-4-2-3-6-21-16/h2-4,6-7,9,11-12,14H,5,8,10,13H2,1H3/t14-/m0/s1. The van der Waals surface area contributed by atoms with Gasteiger partial charge >= 0.3 is 0 Å². The summed E-state index contributed by atoms with van der Waals surface area (Å²) in [5, 5.41) is 0. The second-order valence-electron chi connectivity index (χ2n) is 6.58. The number of aromatic nitrogens is 5. The molecule has 3 aromatic heterocycles. The van der Waals surface area contributed by atoms with Crippen molar-refractivity contribution in [1.29, 1.82) is 0 Å². The smallest absolute Gasteiger partial charge is 0.272 e. The average Bonchev–Trinajstić information content (AvgIpc) is 3.31. The van der Waals surface area contributed by atoms with Crippen LogP contribution in [0.3, 0.4) is 0 Å². The Morgan fingerprint density at radius 2 is 2.15 bits per heavy atom. The number of nitrogens with zero attached hydrogens (tertiary/aromatic N) is 6. The summed E-state index contributed by atoms with van der Waals surface area (Å²) >= 11 is 0. The van der Waals surface area contributed by atoms with E-state index in [2.05, 4.69) is 15.0 Å². The van der Waals surface area contributed by atoms with E-state index in [1.807, 2.05) is 34.8 Å². The van der Waals surface area contributed by atoms with E-state index in [1.54, 1.807) is 30.9 Å². The van der Waals surface area contributed by atoms with Crippen LogP contribution in [-0.2, 0) is 13.5 Å². The van der Waals surface area contributed by atoms with Crippen molar-refractivity contribution in [3.63, 3.8) is 0 Å². The average molecular weight is 348 g/mol. The lowest BCUT2D eigenvalue weighted by molar-refractivity contribution is 0.0781. The van der Waals surface area contributed by atoms with Crippen LogP contribution in [0.25, 0.3) is 11.5 Å². The van der Waals surface area contributed by atoms with Crippen LogP contribution >= 0.6 is 0 Å². The summed E-state index contributed by atoms with van der Waals surface area (Å²) in [6.45, 7) is 1.48. The van der Waals surface area contributed by atoms with Gasteiger partial charge in [0, 0.05) is 44.9 Å². The number of carbonyl (C=O) groups excluding carboxylic acids is 1. The van der Waals surface area contributed by atoms with Gasteiger partial charge in [-0.3, -0.25) is 14.8 Å². The van der Waals surface area contributed by atoms with E-state index in [0.29, 0.717) is 11.6 Å². The molecule has 26 heavy (non-hydrogen) atoms. The molecular formula is C19H20N6O. The van der Waals surface area contributed by atoms with E-state index in [1.165, 1.54) is 0 Å². The SMILES string of the molecule is Cn1ccnc1-c1cncc(C[C@@H]2CCN(C(=O)c3ccccn3)C2)n1. The van der Waals surface area contributed by atoms with Gasteiger partial charge in [0.25, 0.3) is 5.91 Å². The second-order valence-corrected chi connectivity index (χ2v) is 6.58. The molecule has 0 bridgehead atoms. The number of likely N-dealkylation sites (tertiary alicyclic amines) is 1. The molecule has 0 aliphatic carbocycles. The van der Waals surface area contributed by atoms with Crippen LogP contribution in [0.1, 0.15) is 22.6 Å². The van der Waals surface area contributed by atoms with E-state index in [9.17, 15) is 4.79 Å². The van der Waals surface area contributed by atoms with Gasteiger partial charge in [-0.2, -0.15) is 0 Å². The van der Waals surface area contributed by atoms with Crippen molar-refractivity contribution in [3.8, 4) is 11.5 Å². The number of pyridine rings is 1. The predicted octanol–water partition coefficient (Wildman–Crippen LogP) is 1.98. The fourth-order valence-corrected chi connectivity index (χ4v) is 3.36. The van der Waals surface area contributed by atoms with Gasteiger partial charge in [-0.25, -0.2) is 9.97 Å². The van der Waals surface area contributed by atoms with Gasteiger partial charge in [-0.15, -0.1) is 0 Å². The third-order valence-corrected chi connectivity index (χ3v) is 4.69. The summed E-state index contributed by atoms with van der Waals surface area (Å²) in [4.78, 5) is 31.9. The van der Waals surface area contributed by atoms with Crippen molar-refractivity contribution < 1.29 is 4.79 Å². The molecule has 1 amide bonds.